The summed E-state index contributed by atoms with van der Waals surface area (Å²) >= 11 is 1.85. The molecule has 0 unspecified atom stereocenters. The molecular formula is C40H23N3OS. The fourth-order valence-corrected chi connectivity index (χ4v) is 7.86. The van der Waals surface area contributed by atoms with Crippen LogP contribution < -0.4 is 0 Å². The topological polar surface area (TPSA) is 43.9 Å². The van der Waals surface area contributed by atoms with Gasteiger partial charge in [0, 0.05) is 53.1 Å². The van der Waals surface area contributed by atoms with Crippen LogP contribution in [0.25, 0.3) is 92.4 Å². The first kappa shape index (κ1) is 24.6. The molecule has 10 aromatic rings. The van der Waals surface area contributed by atoms with E-state index in [9.17, 15) is 0 Å². The maximum Gasteiger partial charge on any atom is 0.180 e. The maximum atomic E-state index is 6.30. The molecule has 4 heterocycles. The number of hydrogen-bond acceptors (Lipinski definition) is 4. The van der Waals surface area contributed by atoms with E-state index in [0.29, 0.717) is 11.4 Å². The van der Waals surface area contributed by atoms with E-state index in [2.05, 4.69) is 108 Å². The van der Waals surface area contributed by atoms with Crippen molar-refractivity contribution in [3.05, 3.63) is 140 Å². The summed E-state index contributed by atoms with van der Waals surface area (Å²) in [5.74, 6) is 0.675. The van der Waals surface area contributed by atoms with Crippen LogP contribution in [0.15, 0.2) is 144 Å². The first-order valence-electron chi connectivity index (χ1n) is 15.0. The summed E-state index contributed by atoms with van der Waals surface area (Å²) in [4.78, 5) is 10.1. The summed E-state index contributed by atoms with van der Waals surface area (Å²) in [6, 6.07) is 49.0. The Labute approximate surface area is 261 Å². The molecule has 0 saturated carbocycles. The molecule has 0 N–H and O–H groups in total. The van der Waals surface area contributed by atoms with Gasteiger partial charge in [-0.05, 0) is 60.7 Å². The Morgan fingerprint density at radius 3 is 2.11 bits per heavy atom. The van der Waals surface area contributed by atoms with E-state index in [1.54, 1.807) is 0 Å². The lowest BCUT2D eigenvalue weighted by atomic mass is 10.1. The molecule has 0 aliphatic rings. The van der Waals surface area contributed by atoms with Crippen LogP contribution in [-0.4, -0.2) is 14.5 Å². The lowest BCUT2D eigenvalue weighted by Crippen LogP contribution is -1.96. The van der Waals surface area contributed by atoms with Gasteiger partial charge in [-0.1, -0.05) is 78.9 Å². The van der Waals surface area contributed by atoms with Gasteiger partial charge in [0.15, 0.2) is 11.4 Å². The first-order chi connectivity index (χ1) is 22.3. The number of aromatic nitrogens is 3. The zero-order valence-corrected chi connectivity index (χ0v) is 24.8. The molecule has 45 heavy (non-hydrogen) atoms. The second-order valence-corrected chi connectivity index (χ2v) is 12.5. The summed E-state index contributed by atoms with van der Waals surface area (Å²) in [5, 5.41) is 6.14. The lowest BCUT2D eigenvalue weighted by Gasteiger charge is -2.10. The van der Waals surface area contributed by atoms with E-state index in [4.69, 9.17) is 14.4 Å². The standard InChI is InChI=1S/C40H23N3OS/c1-2-10-24(11-3-1)37-39-38(29-14-5-8-16-34(29)44-39)42-40(41-37)25-18-20-26(21-19-25)43-32-15-7-4-12-27(32)30-22-31-28-13-6-9-17-35(28)45-36(31)23-33(30)43/h1-23H. The van der Waals surface area contributed by atoms with Gasteiger partial charge < -0.3 is 8.98 Å². The second-order valence-electron chi connectivity index (χ2n) is 11.4. The quantitative estimate of drug-likeness (QED) is 0.205. The minimum atomic E-state index is 0.675. The number of fused-ring (bicyclic) bond motifs is 9. The Kier molecular flexibility index (Phi) is 5.12. The molecule has 0 aliphatic heterocycles. The van der Waals surface area contributed by atoms with Gasteiger partial charge in [-0.3, -0.25) is 0 Å². The Morgan fingerprint density at radius 2 is 1.24 bits per heavy atom. The summed E-state index contributed by atoms with van der Waals surface area (Å²) < 4.78 is 11.3. The van der Waals surface area contributed by atoms with Crippen molar-refractivity contribution in [3.8, 4) is 28.3 Å². The van der Waals surface area contributed by atoms with Crippen molar-refractivity contribution >= 4 is 75.4 Å². The predicted octanol–water partition coefficient (Wildman–Crippen LogP) is 11.2. The number of rotatable bonds is 3. The summed E-state index contributed by atoms with van der Waals surface area (Å²) in [5.41, 5.74) is 8.59. The SMILES string of the molecule is c1ccc(-c2nc(-c3ccc(-n4c5ccccc5c5cc6c(cc54)sc4ccccc46)cc3)nc3c2oc2ccccc23)cc1. The molecule has 210 valence electrons. The van der Waals surface area contributed by atoms with Crippen LogP contribution >= 0.6 is 11.3 Å². The van der Waals surface area contributed by atoms with E-state index in [1.807, 2.05) is 47.7 Å². The first-order valence-corrected chi connectivity index (χ1v) is 15.8. The van der Waals surface area contributed by atoms with Crippen molar-refractivity contribution in [2.45, 2.75) is 0 Å². The summed E-state index contributed by atoms with van der Waals surface area (Å²) in [6.07, 6.45) is 0. The molecule has 0 amide bonds. The van der Waals surface area contributed by atoms with Crippen LogP contribution in [0.1, 0.15) is 0 Å². The van der Waals surface area contributed by atoms with Gasteiger partial charge in [0.2, 0.25) is 0 Å². The largest absolute Gasteiger partial charge is 0.452 e. The molecule has 0 bridgehead atoms. The lowest BCUT2D eigenvalue weighted by molar-refractivity contribution is 0.667. The fourth-order valence-electron chi connectivity index (χ4n) is 6.74. The maximum absolute atomic E-state index is 6.30. The van der Waals surface area contributed by atoms with E-state index in [-0.39, 0.29) is 0 Å². The van der Waals surface area contributed by atoms with Crippen LogP contribution in [0.4, 0.5) is 0 Å². The normalized spacial score (nSPS) is 12.0. The minimum Gasteiger partial charge on any atom is -0.452 e. The molecule has 5 heteroatoms. The molecule has 0 fully saturated rings. The van der Waals surface area contributed by atoms with E-state index in [0.717, 1.165) is 39.0 Å². The molecule has 0 aliphatic carbocycles. The Morgan fingerprint density at radius 1 is 0.511 bits per heavy atom. The van der Waals surface area contributed by atoms with Crippen LogP contribution in [0.2, 0.25) is 0 Å². The number of nitrogens with zero attached hydrogens (tertiary/aromatic N) is 3. The highest BCUT2D eigenvalue weighted by Gasteiger charge is 2.19. The molecule has 0 atom stereocenters. The average Bonchev–Trinajstić information content (AvgIpc) is 3.76. The van der Waals surface area contributed by atoms with Gasteiger partial charge in [-0.15, -0.1) is 11.3 Å². The number of benzene rings is 6. The Balaban J connectivity index is 1.17. The summed E-state index contributed by atoms with van der Waals surface area (Å²) in [6.45, 7) is 0. The fraction of sp³-hybridized carbons (Fsp3) is 0. The number of hydrogen-bond donors (Lipinski definition) is 0. The third-order valence-electron chi connectivity index (χ3n) is 8.82. The van der Waals surface area contributed by atoms with Crippen LogP contribution in [-0.2, 0) is 0 Å². The third-order valence-corrected chi connectivity index (χ3v) is 9.96. The van der Waals surface area contributed by atoms with Gasteiger partial charge in [-0.2, -0.15) is 0 Å². The number of para-hydroxylation sites is 2. The van der Waals surface area contributed by atoms with Crippen LogP contribution in [0, 0.1) is 0 Å². The highest BCUT2D eigenvalue weighted by Crippen LogP contribution is 2.41. The van der Waals surface area contributed by atoms with E-state index < -0.39 is 0 Å². The molecule has 6 aromatic carbocycles. The Hall–Kier alpha value is -5.78. The van der Waals surface area contributed by atoms with Gasteiger partial charge in [0.1, 0.15) is 16.8 Å². The third kappa shape index (κ3) is 3.65. The average molecular weight is 594 g/mol. The highest BCUT2D eigenvalue weighted by atomic mass is 32.1. The van der Waals surface area contributed by atoms with Crippen molar-refractivity contribution in [2.24, 2.45) is 0 Å². The molecule has 4 nitrogen and oxygen atoms in total. The van der Waals surface area contributed by atoms with Crippen molar-refractivity contribution in [1.82, 2.24) is 14.5 Å². The molecule has 0 spiro atoms. The van der Waals surface area contributed by atoms with Gasteiger partial charge >= 0.3 is 0 Å². The van der Waals surface area contributed by atoms with Crippen molar-refractivity contribution in [3.63, 3.8) is 0 Å². The van der Waals surface area contributed by atoms with Crippen molar-refractivity contribution in [1.29, 1.82) is 0 Å². The van der Waals surface area contributed by atoms with Crippen LogP contribution in [0.5, 0.6) is 0 Å². The summed E-state index contributed by atoms with van der Waals surface area (Å²) in [7, 11) is 0. The Bertz CT molecular complexity index is 2750. The van der Waals surface area contributed by atoms with Crippen molar-refractivity contribution in [2.75, 3.05) is 0 Å². The monoisotopic (exact) mass is 593 g/mol. The zero-order chi connectivity index (χ0) is 29.5. The molecular weight excluding hydrogens is 571 g/mol. The second kappa shape index (κ2) is 9.36. The zero-order valence-electron chi connectivity index (χ0n) is 23.9. The van der Waals surface area contributed by atoms with Gasteiger partial charge in [-0.25, -0.2) is 9.97 Å². The minimum absolute atomic E-state index is 0.675. The molecule has 0 radical (unpaired) electrons. The smallest absolute Gasteiger partial charge is 0.180 e. The molecule has 10 rings (SSSR count). The van der Waals surface area contributed by atoms with Gasteiger partial charge in [0.05, 0.1) is 11.0 Å². The van der Waals surface area contributed by atoms with E-state index >= 15 is 0 Å². The van der Waals surface area contributed by atoms with Crippen LogP contribution in [0.3, 0.4) is 0 Å². The molecule has 0 saturated heterocycles. The number of thiophene rings is 1. The number of furan rings is 1. The van der Waals surface area contributed by atoms with E-state index in [1.165, 1.54) is 42.0 Å². The predicted molar refractivity (Wildman–Crippen MR) is 187 cm³/mol. The van der Waals surface area contributed by atoms with Crippen molar-refractivity contribution < 1.29 is 4.42 Å². The molecule has 4 aromatic heterocycles. The highest BCUT2D eigenvalue weighted by molar-refractivity contribution is 7.25. The van der Waals surface area contributed by atoms with Gasteiger partial charge in [0.25, 0.3) is 0 Å².